The highest BCUT2D eigenvalue weighted by Gasteiger charge is 2.16. The number of nitrogens with zero attached hydrogens (tertiary/aromatic N) is 1. The highest BCUT2D eigenvalue weighted by atomic mass is 16.5. The summed E-state index contributed by atoms with van der Waals surface area (Å²) in [5.74, 6) is 0. The Hall–Kier alpha value is -1.01. The number of aliphatic hydroxyl groups excluding tert-OH is 1. The van der Waals surface area contributed by atoms with Gasteiger partial charge in [0.1, 0.15) is 0 Å². The molecule has 2 atom stereocenters. The Bertz CT molecular complexity index is 394. The van der Waals surface area contributed by atoms with Crippen LogP contribution >= 0.6 is 0 Å². The molecule has 1 saturated heterocycles. The van der Waals surface area contributed by atoms with E-state index in [2.05, 4.69) is 10.3 Å². The second kappa shape index (κ2) is 8.32. The second-order valence-corrected chi connectivity index (χ2v) is 5.23. The molecule has 0 bridgehead atoms. The topological polar surface area (TPSA) is 63.6 Å². The number of aromatic nitrogens is 1. The molecule has 5 heteroatoms. The van der Waals surface area contributed by atoms with E-state index >= 15 is 0 Å². The molecule has 1 aromatic heterocycles. The summed E-state index contributed by atoms with van der Waals surface area (Å²) >= 11 is 0. The molecular weight excluding hydrogens is 256 g/mol. The summed E-state index contributed by atoms with van der Waals surface area (Å²) in [5, 5.41) is 13.0. The molecule has 0 amide bonds. The van der Waals surface area contributed by atoms with Gasteiger partial charge in [-0.3, -0.25) is 4.98 Å². The molecule has 2 N–H and O–H groups in total. The van der Waals surface area contributed by atoms with Gasteiger partial charge in [0.2, 0.25) is 0 Å². The fourth-order valence-corrected chi connectivity index (χ4v) is 2.24. The lowest BCUT2D eigenvalue weighted by Crippen LogP contribution is -2.31. The molecule has 2 rings (SSSR count). The van der Waals surface area contributed by atoms with Gasteiger partial charge in [-0.1, -0.05) is 6.07 Å². The lowest BCUT2D eigenvalue weighted by Gasteiger charge is -2.14. The molecule has 0 saturated carbocycles. The molecule has 1 aliphatic heterocycles. The third kappa shape index (κ3) is 5.54. The van der Waals surface area contributed by atoms with Crippen molar-refractivity contribution in [2.24, 2.45) is 0 Å². The first-order valence-electron chi connectivity index (χ1n) is 7.24. The first-order valence-corrected chi connectivity index (χ1v) is 7.24. The van der Waals surface area contributed by atoms with Crippen LogP contribution in [0.15, 0.2) is 18.2 Å². The maximum Gasteiger partial charge on any atom is 0.0897 e. The van der Waals surface area contributed by atoms with Crippen LogP contribution in [0.5, 0.6) is 0 Å². The van der Waals surface area contributed by atoms with Crippen LogP contribution in [-0.2, 0) is 16.0 Å². The van der Waals surface area contributed by atoms with Crippen LogP contribution in [0.25, 0.3) is 0 Å². The van der Waals surface area contributed by atoms with Gasteiger partial charge in [0.15, 0.2) is 0 Å². The second-order valence-electron chi connectivity index (χ2n) is 5.23. The molecule has 2 unspecified atom stereocenters. The van der Waals surface area contributed by atoms with Crippen LogP contribution in [0.3, 0.4) is 0 Å². The maximum atomic E-state index is 9.81. The Balaban J connectivity index is 1.54. The number of hydrogen-bond acceptors (Lipinski definition) is 5. The molecule has 1 aromatic rings. The minimum atomic E-state index is -0.499. The zero-order chi connectivity index (χ0) is 14.2. The van der Waals surface area contributed by atoms with Gasteiger partial charge in [0.25, 0.3) is 0 Å². The number of rotatable bonds is 8. The normalized spacial score (nSPS) is 20.2. The highest BCUT2D eigenvalue weighted by molar-refractivity contribution is 5.09. The van der Waals surface area contributed by atoms with Crippen LogP contribution in [0.4, 0.5) is 0 Å². The fraction of sp³-hybridized carbons (Fsp3) is 0.667. The number of ether oxygens (including phenoxy) is 2. The van der Waals surface area contributed by atoms with Gasteiger partial charge in [-0.05, 0) is 31.9 Å². The van der Waals surface area contributed by atoms with E-state index in [0.717, 1.165) is 30.8 Å². The molecule has 5 nitrogen and oxygen atoms in total. The summed E-state index contributed by atoms with van der Waals surface area (Å²) in [5.41, 5.74) is 1.99. The molecule has 0 aromatic carbocycles. The van der Waals surface area contributed by atoms with E-state index in [9.17, 15) is 5.11 Å². The first kappa shape index (κ1) is 15.4. The predicted octanol–water partition coefficient (Wildman–Crippen LogP) is 1.04. The SMILES string of the molecule is Cc1cccc(CNCC(O)COCC2CCCO2)n1. The third-order valence-corrected chi connectivity index (χ3v) is 3.27. The van der Waals surface area contributed by atoms with Crippen molar-refractivity contribution >= 4 is 0 Å². The van der Waals surface area contributed by atoms with E-state index in [0.29, 0.717) is 26.3 Å². The molecule has 1 fully saturated rings. The van der Waals surface area contributed by atoms with Crippen molar-refractivity contribution in [3.05, 3.63) is 29.6 Å². The van der Waals surface area contributed by atoms with Gasteiger partial charge in [0.05, 0.1) is 31.1 Å². The Morgan fingerprint density at radius 1 is 1.55 bits per heavy atom. The molecule has 1 aliphatic rings. The molecule has 20 heavy (non-hydrogen) atoms. The number of aryl methyl sites for hydroxylation is 1. The Kier molecular flexibility index (Phi) is 6.39. The minimum absolute atomic E-state index is 0.214. The Morgan fingerprint density at radius 3 is 3.20 bits per heavy atom. The largest absolute Gasteiger partial charge is 0.389 e. The average Bonchev–Trinajstić information content (AvgIpc) is 2.92. The zero-order valence-electron chi connectivity index (χ0n) is 12.0. The van der Waals surface area contributed by atoms with Crippen LogP contribution < -0.4 is 5.32 Å². The maximum absolute atomic E-state index is 9.81. The molecule has 0 radical (unpaired) electrons. The number of aliphatic hydroxyl groups is 1. The molecular formula is C15H24N2O3. The summed E-state index contributed by atoms with van der Waals surface area (Å²) in [6, 6.07) is 5.93. The molecule has 0 spiro atoms. The highest BCUT2D eigenvalue weighted by Crippen LogP contribution is 2.11. The lowest BCUT2D eigenvalue weighted by atomic mass is 10.2. The molecule has 112 valence electrons. The van der Waals surface area contributed by atoms with Crippen molar-refractivity contribution in [3.8, 4) is 0 Å². The monoisotopic (exact) mass is 280 g/mol. The fourth-order valence-electron chi connectivity index (χ4n) is 2.24. The average molecular weight is 280 g/mol. The van der Waals surface area contributed by atoms with E-state index in [1.807, 2.05) is 25.1 Å². The third-order valence-electron chi connectivity index (χ3n) is 3.27. The van der Waals surface area contributed by atoms with Crippen molar-refractivity contribution < 1.29 is 14.6 Å². The standard InChI is InChI=1S/C15H24N2O3/c1-12-4-2-5-13(17-12)8-16-9-14(18)10-19-11-15-6-3-7-20-15/h2,4-5,14-16,18H,3,6-11H2,1H3. The Morgan fingerprint density at radius 2 is 2.45 bits per heavy atom. The van der Waals surface area contributed by atoms with Crippen LogP contribution in [0, 0.1) is 6.92 Å². The van der Waals surface area contributed by atoms with Crippen molar-refractivity contribution in [2.75, 3.05) is 26.4 Å². The van der Waals surface area contributed by atoms with E-state index in [-0.39, 0.29) is 6.10 Å². The van der Waals surface area contributed by atoms with Crippen molar-refractivity contribution in [1.82, 2.24) is 10.3 Å². The van der Waals surface area contributed by atoms with Crippen LogP contribution in [-0.4, -0.2) is 48.7 Å². The molecule has 0 aliphatic carbocycles. The summed E-state index contributed by atoms with van der Waals surface area (Å²) in [4.78, 5) is 4.39. The van der Waals surface area contributed by atoms with Gasteiger partial charge in [-0.2, -0.15) is 0 Å². The first-order chi connectivity index (χ1) is 9.74. The van der Waals surface area contributed by atoms with E-state index in [1.165, 1.54) is 0 Å². The number of pyridine rings is 1. The van der Waals surface area contributed by atoms with Gasteiger partial charge < -0.3 is 19.9 Å². The zero-order valence-corrected chi connectivity index (χ0v) is 12.0. The van der Waals surface area contributed by atoms with E-state index in [4.69, 9.17) is 9.47 Å². The van der Waals surface area contributed by atoms with E-state index < -0.39 is 6.10 Å². The summed E-state index contributed by atoms with van der Waals surface area (Å²) < 4.78 is 10.9. The minimum Gasteiger partial charge on any atom is -0.389 e. The summed E-state index contributed by atoms with van der Waals surface area (Å²) in [7, 11) is 0. The van der Waals surface area contributed by atoms with E-state index in [1.54, 1.807) is 0 Å². The van der Waals surface area contributed by atoms with Crippen molar-refractivity contribution in [3.63, 3.8) is 0 Å². The van der Waals surface area contributed by atoms with Crippen molar-refractivity contribution in [2.45, 2.75) is 38.5 Å². The number of nitrogens with one attached hydrogen (secondary N) is 1. The van der Waals surface area contributed by atoms with Gasteiger partial charge in [0, 0.05) is 25.4 Å². The number of hydrogen-bond donors (Lipinski definition) is 2. The summed E-state index contributed by atoms with van der Waals surface area (Å²) in [6.45, 7) is 4.88. The smallest absolute Gasteiger partial charge is 0.0897 e. The van der Waals surface area contributed by atoms with Crippen molar-refractivity contribution in [1.29, 1.82) is 0 Å². The van der Waals surface area contributed by atoms with Crippen LogP contribution in [0.1, 0.15) is 24.2 Å². The van der Waals surface area contributed by atoms with Crippen LogP contribution in [0.2, 0.25) is 0 Å². The quantitative estimate of drug-likeness (QED) is 0.745. The summed E-state index contributed by atoms with van der Waals surface area (Å²) in [6.07, 6.45) is 1.89. The lowest BCUT2D eigenvalue weighted by molar-refractivity contribution is -0.0164. The van der Waals surface area contributed by atoms with Gasteiger partial charge in [-0.15, -0.1) is 0 Å². The van der Waals surface area contributed by atoms with Gasteiger partial charge in [-0.25, -0.2) is 0 Å². The Labute approximate surface area is 120 Å². The van der Waals surface area contributed by atoms with Gasteiger partial charge >= 0.3 is 0 Å². The predicted molar refractivity (Wildman–Crippen MR) is 76.5 cm³/mol. The molecule has 2 heterocycles.